The second kappa shape index (κ2) is 16.6. The topological polar surface area (TPSA) is 42.0 Å². The van der Waals surface area contributed by atoms with E-state index in [9.17, 15) is 4.79 Å². The third-order valence-electron chi connectivity index (χ3n) is 4.21. The molecule has 1 aromatic heterocycles. The lowest BCUT2D eigenvalue weighted by atomic mass is 10.0. The number of aromatic nitrogens is 1. The number of Topliss-reactive ketones (excluding diaryl/α,β-unsaturated/α-hetero) is 1. The normalized spacial score (nSPS) is 23.2. The van der Waals surface area contributed by atoms with Gasteiger partial charge >= 0.3 is 0 Å². The number of hydrogen-bond donors (Lipinski definition) is 1. The highest BCUT2D eigenvalue weighted by Crippen LogP contribution is 2.58. The number of hydrogen-bond acceptors (Lipinski definition) is 3. The Bertz CT molecular complexity index is 605. The van der Waals surface area contributed by atoms with Crippen LogP contribution in [0.25, 0.3) is 0 Å². The Labute approximate surface area is 189 Å². The van der Waals surface area contributed by atoms with Gasteiger partial charge in [0, 0.05) is 17.8 Å². The van der Waals surface area contributed by atoms with Gasteiger partial charge in [-0.05, 0) is 51.4 Å². The molecule has 1 N–H and O–H groups in total. The van der Waals surface area contributed by atoms with Gasteiger partial charge in [0.1, 0.15) is 10.8 Å². The molecule has 0 saturated heterocycles. The number of carbonyl (C=O) groups excluding carboxylic acids is 1. The minimum Gasteiger partial charge on any atom is -0.301 e. The largest absolute Gasteiger partial charge is 0.301 e. The van der Waals surface area contributed by atoms with Crippen molar-refractivity contribution in [1.82, 2.24) is 10.3 Å². The molecule has 0 amide bonds. The fourth-order valence-corrected chi connectivity index (χ4v) is 3.53. The van der Waals surface area contributed by atoms with E-state index in [1.165, 1.54) is 5.57 Å². The van der Waals surface area contributed by atoms with Crippen molar-refractivity contribution in [3.05, 3.63) is 52.8 Å². The van der Waals surface area contributed by atoms with Gasteiger partial charge < -0.3 is 5.32 Å². The highest BCUT2D eigenvalue weighted by molar-refractivity contribution is 6.30. The summed E-state index contributed by atoms with van der Waals surface area (Å²) in [6, 6.07) is 3.70. The maximum atomic E-state index is 11.5. The fraction of sp³-hybridized carbons (Fsp3) is 0.583. The maximum Gasteiger partial charge on any atom is 0.136 e. The number of pyridine rings is 1. The van der Waals surface area contributed by atoms with Crippen LogP contribution in [0.15, 0.2) is 42.1 Å². The molecular weight excluding hydrogens is 403 g/mol. The maximum absolute atomic E-state index is 11.5. The molecule has 3 rings (SSSR count). The highest BCUT2D eigenvalue weighted by atomic mass is 35.5. The second-order valence-electron chi connectivity index (χ2n) is 5.89. The SMILES string of the molecule is CC.CC.CC.CNC1(Cl)C(C(C)=O)C1C1=CCCC=C1.Cc1ccc(Cl)cn1. The number of rotatable bonds is 3. The third kappa shape index (κ3) is 9.46. The van der Waals surface area contributed by atoms with Gasteiger partial charge in [0.15, 0.2) is 0 Å². The number of allylic oxidation sites excluding steroid dienone is 3. The summed E-state index contributed by atoms with van der Waals surface area (Å²) in [6.07, 6.45) is 10.2. The van der Waals surface area contributed by atoms with Crippen LogP contribution < -0.4 is 5.32 Å². The van der Waals surface area contributed by atoms with Crippen LogP contribution in [-0.2, 0) is 4.79 Å². The summed E-state index contributed by atoms with van der Waals surface area (Å²) < 4.78 is 0. The van der Waals surface area contributed by atoms with Gasteiger partial charge in [0.05, 0.1) is 10.9 Å². The van der Waals surface area contributed by atoms with Crippen LogP contribution in [0, 0.1) is 18.8 Å². The second-order valence-corrected chi connectivity index (χ2v) is 6.95. The molecule has 1 aromatic rings. The van der Waals surface area contributed by atoms with Crippen molar-refractivity contribution in [1.29, 1.82) is 0 Å². The predicted octanol–water partition coefficient (Wildman–Crippen LogP) is 7.37. The van der Waals surface area contributed by atoms with Crippen molar-refractivity contribution < 1.29 is 4.79 Å². The lowest BCUT2D eigenvalue weighted by molar-refractivity contribution is -0.118. The van der Waals surface area contributed by atoms with Crippen LogP contribution >= 0.6 is 23.2 Å². The lowest BCUT2D eigenvalue weighted by Crippen LogP contribution is -2.26. The molecule has 0 bridgehead atoms. The standard InChI is InChI=1S/C12H16ClNO.C6H6ClN.3C2H6/c1-8(15)10-11(12(10,13)14-2)9-6-4-3-5-7-9;1-5-2-3-6(7)4-8-5;3*1-2/h4,6-7,10-11,14H,3,5H2,1-2H3;2-4H,1H3;3*1-2H3. The molecule has 0 aliphatic heterocycles. The first-order valence-electron chi connectivity index (χ1n) is 10.7. The van der Waals surface area contributed by atoms with Crippen molar-refractivity contribution >= 4 is 29.0 Å². The van der Waals surface area contributed by atoms with E-state index in [2.05, 4.69) is 28.5 Å². The molecule has 5 heteroatoms. The van der Waals surface area contributed by atoms with Crippen LogP contribution in [0.4, 0.5) is 0 Å². The van der Waals surface area contributed by atoms with Crippen molar-refractivity contribution in [2.75, 3.05) is 7.05 Å². The number of nitrogens with zero attached hydrogens (tertiary/aromatic N) is 1. The molecule has 0 aromatic carbocycles. The lowest BCUT2D eigenvalue weighted by Gasteiger charge is -2.09. The van der Waals surface area contributed by atoms with Crippen molar-refractivity contribution in [3.8, 4) is 0 Å². The van der Waals surface area contributed by atoms with E-state index >= 15 is 0 Å². The van der Waals surface area contributed by atoms with Crippen LogP contribution in [0.3, 0.4) is 0 Å². The summed E-state index contributed by atoms with van der Waals surface area (Å²) in [4.78, 5) is 14.9. The number of carbonyl (C=O) groups is 1. The number of halogens is 2. The first-order chi connectivity index (χ1) is 13.9. The summed E-state index contributed by atoms with van der Waals surface area (Å²) in [6.45, 7) is 15.5. The highest BCUT2D eigenvalue weighted by Gasteiger charge is 2.66. The van der Waals surface area contributed by atoms with Crippen LogP contribution in [0.1, 0.15) is 67.0 Å². The number of nitrogens with one attached hydrogen (secondary N) is 1. The molecule has 2 aliphatic rings. The van der Waals surface area contributed by atoms with E-state index in [0.29, 0.717) is 5.02 Å². The predicted molar refractivity (Wildman–Crippen MR) is 130 cm³/mol. The molecular formula is C24H40Cl2N2O. The van der Waals surface area contributed by atoms with Gasteiger partial charge in [0.2, 0.25) is 0 Å². The molecule has 2 aliphatic carbocycles. The van der Waals surface area contributed by atoms with Gasteiger partial charge in [-0.2, -0.15) is 0 Å². The summed E-state index contributed by atoms with van der Waals surface area (Å²) in [7, 11) is 1.82. The summed E-state index contributed by atoms with van der Waals surface area (Å²) >= 11 is 11.9. The van der Waals surface area contributed by atoms with E-state index < -0.39 is 5.00 Å². The molecule has 1 saturated carbocycles. The number of ketones is 1. The van der Waals surface area contributed by atoms with Gasteiger partial charge in [-0.1, -0.05) is 71.4 Å². The minimum absolute atomic E-state index is 0.0711. The van der Waals surface area contributed by atoms with Crippen molar-refractivity contribution in [2.45, 2.75) is 73.2 Å². The van der Waals surface area contributed by atoms with E-state index in [1.54, 1.807) is 13.1 Å². The molecule has 166 valence electrons. The van der Waals surface area contributed by atoms with Crippen molar-refractivity contribution in [3.63, 3.8) is 0 Å². The first kappa shape index (κ1) is 30.0. The van der Waals surface area contributed by atoms with Crippen molar-refractivity contribution in [2.24, 2.45) is 11.8 Å². The number of alkyl halides is 1. The average molecular weight is 444 g/mol. The zero-order valence-electron chi connectivity index (χ0n) is 19.6. The third-order valence-corrected chi connectivity index (χ3v) is 5.09. The zero-order chi connectivity index (χ0) is 23.0. The van der Waals surface area contributed by atoms with E-state index in [-0.39, 0.29) is 17.6 Å². The summed E-state index contributed by atoms with van der Waals surface area (Å²) in [5.41, 5.74) is 2.21. The Morgan fingerprint density at radius 3 is 2.03 bits per heavy atom. The van der Waals surface area contributed by atoms with Crippen LogP contribution in [0.2, 0.25) is 5.02 Å². The first-order valence-corrected chi connectivity index (χ1v) is 11.5. The van der Waals surface area contributed by atoms with E-state index in [1.807, 2.05) is 67.6 Å². The molecule has 1 heterocycles. The Hall–Kier alpha value is -1.16. The van der Waals surface area contributed by atoms with Gasteiger partial charge in [-0.3, -0.25) is 9.78 Å². The van der Waals surface area contributed by atoms with Gasteiger partial charge in [-0.15, -0.1) is 11.6 Å². The molecule has 1 fully saturated rings. The summed E-state index contributed by atoms with van der Waals surface area (Å²) in [5, 5.41) is 3.75. The number of aryl methyl sites for hydroxylation is 1. The average Bonchev–Trinajstić information content (AvgIpc) is 3.42. The van der Waals surface area contributed by atoms with Gasteiger partial charge in [0.25, 0.3) is 0 Å². The Morgan fingerprint density at radius 2 is 1.72 bits per heavy atom. The quantitative estimate of drug-likeness (QED) is 0.392. The Kier molecular flexibility index (Phi) is 17.2. The fourth-order valence-electron chi connectivity index (χ4n) is 2.95. The van der Waals surface area contributed by atoms with Crippen LogP contribution in [0.5, 0.6) is 0 Å². The zero-order valence-corrected chi connectivity index (χ0v) is 21.2. The minimum atomic E-state index is -0.542. The monoisotopic (exact) mass is 442 g/mol. The summed E-state index contributed by atoms with van der Waals surface area (Å²) in [5.74, 6) is 0.251. The molecule has 3 unspecified atom stereocenters. The van der Waals surface area contributed by atoms with Gasteiger partial charge in [-0.25, -0.2) is 0 Å². The molecule has 0 radical (unpaired) electrons. The molecule has 3 atom stereocenters. The molecule has 3 nitrogen and oxygen atoms in total. The smallest absolute Gasteiger partial charge is 0.136 e. The molecule has 29 heavy (non-hydrogen) atoms. The van der Waals surface area contributed by atoms with E-state index in [4.69, 9.17) is 23.2 Å². The Balaban J connectivity index is 0. The van der Waals surface area contributed by atoms with E-state index in [0.717, 1.165) is 18.5 Å². The molecule has 0 spiro atoms. The van der Waals surface area contributed by atoms with Crippen LogP contribution in [-0.4, -0.2) is 22.8 Å². The Morgan fingerprint density at radius 1 is 1.14 bits per heavy atom.